The molecule has 18 heteroatoms. The molecule has 0 heterocycles. The Kier molecular flexibility index (Phi) is 77.7. The third kappa shape index (κ3) is 61.4. The van der Waals surface area contributed by atoms with Crippen LogP contribution >= 0.6 is 0 Å². The summed E-state index contributed by atoms with van der Waals surface area (Å²) in [6.45, 7) is 9.31. The Hall–Kier alpha value is -0.766. The van der Waals surface area contributed by atoms with Crippen LogP contribution < -0.4 is 21.3 Å². The third-order valence-corrected chi connectivity index (χ3v) is 9.39. The average Bonchev–Trinajstić information content (AvgIpc) is 3.19. The van der Waals surface area contributed by atoms with Crippen LogP contribution in [-0.2, 0) is 66.0 Å². The van der Waals surface area contributed by atoms with E-state index in [1.165, 1.54) is 77.0 Å². The van der Waals surface area contributed by atoms with Gasteiger partial charge in [-0.25, -0.2) is 0 Å². The van der Waals surface area contributed by atoms with Gasteiger partial charge in [0.25, 0.3) is 0 Å². The van der Waals surface area contributed by atoms with E-state index in [2.05, 4.69) is 21.3 Å². The molecule has 0 aromatic rings. The van der Waals surface area contributed by atoms with Gasteiger partial charge in [-0.3, -0.25) is 15.9 Å². The first-order valence-electron chi connectivity index (χ1n) is 21.9. The number of nitrogens with one attached hydrogen (secondary N) is 4. The Morgan fingerprint density at radius 3 is 1.43 bits per heavy atom. The number of amides is 2. The number of unbranched alkanes of at least 4 members (excludes halogenated alkanes) is 15. The van der Waals surface area contributed by atoms with Gasteiger partial charge in [0.2, 0.25) is 11.8 Å². The van der Waals surface area contributed by atoms with E-state index in [1.807, 2.05) is 13.2 Å². The maximum absolute atomic E-state index is 12.3. The molecule has 14 N–H and O–H groups in total. The van der Waals surface area contributed by atoms with Gasteiger partial charge < -0.3 is 84.6 Å². The van der Waals surface area contributed by atoms with Crippen molar-refractivity contribution in [3.05, 3.63) is 7.43 Å². The normalized spacial score (nSPS) is 11.3. The summed E-state index contributed by atoms with van der Waals surface area (Å²) in [5, 5.41) is 30.9. The molecule has 0 aliphatic heterocycles. The summed E-state index contributed by atoms with van der Waals surface area (Å²) in [6.07, 6.45) is 25.1. The fourth-order valence-corrected chi connectivity index (χ4v) is 5.98. The van der Waals surface area contributed by atoms with Gasteiger partial charge in [-0.1, -0.05) is 103 Å². The standard InChI is InChI=1S/C42H83N4O9.CH3.4H2O.Y/c1-39(36-48)20-16-17-24-45-42(51)38-55-35-34-54-31-27-44-26-30-53-33-32-52-29-25-43-23-19-21-40(37-49)46-41(50)22-15-13-11-9-7-5-3-2-4-6-8-10-12-14-18-28-47;;;;;;/h39-40,43-44,47,49H,2-35,37-38H2,1H3,(H,45,51)(H,46,50);1H3;4*1H2;/q2*-1;;;;;/t39-,40-;;;;;;/m0....../s1. The van der Waals surface area contributed by atoms with E-state index in [0.717, 1.165) is 71.0 Å². The smallest absolute Gasteiger partial charge is 0.245 e. The SMILES string of the molecule is C[C@H]([C-]=O)CCCCNC(=O)COCCOCCNCCOCCOCCNCCC[C@@H](CO)NC(=O)CCCCCCCCCCCCCCCCCO.O.O.O.O.[CH3-].[Y]. The zero-order valence-electron chi connectivity index (χ0n) is 38.4. The first-order chi connectivity index (χ1) is 27.0. The molecule has 0 rings (SSSR count). The van der Waals surface area contributed by atoms with Crippen LogP contribution in [0, 0.1) is 13.3 Å². The number of aliphatic hydroxyl groups excluding tert-OH is 2. The Morgan fingerprint density at radius 2 is 0.967 bits per heavy atom. The van der Waals surface area contributed by atoms with Crippen molar-refractivity contribution in [1.29, 1.82) is 0 Å². The topological polar surface area (TPSA) is 303 Å². The van der Waals surface area contributed by atoms with Crippen LogP contribution in [0.5, 0.6) is 0 Å². The molecule has 0 aromatic carbocycles. The van der Waals surface area contributed by atoms with Crippen molar-refractivity contribution in [2.24, 2.45) is 5.92 Å². The summed E-state index contributed by atoms with van der Waals surface area (Å²) < 4.78 is 22.0. The summed E-state index contributed by atoms with van der Waals surface area (Å²) in [6, 6.07) is -0.187. The van der Waals surface area contributed by atoms with Crippen molar-refractivity contribution in [1.82, 2.24) is 21.3 Å². The van der Waals surface area contributed by atoms with E-state index < -0.39 is 0 Å². The molecule has 2 amide bonds. The number of carbonyl (C=O) groups is 2. The molecule has 0 aromatic heterocycles. The van der Waals surface area contributed by atoms with Gasteiger partial charge >= 0.3 is 0 Å². The molecular formula is C43H94N4O13Y-2. The summed E-state index contributed by atoms with van der Waals surface area (Å²) in [4.78, 5) is 34.5. The van der Waals surface area contributed by atoms with Crippen molar-refractivity contribution < 1.29 is 98.2 Å². The minimum Gasteiger partial charge on any atom is -0.542 e. The van der Waals surface area contributed by atoms with Crippen LogP contribution in [0.3, 0.4) is 0 Å². The second-order valence-corrected chi connectivity index (χ2v) is 14.6. The van der Waals surface area contributed by atoms with Gasteiger partial charge in [-0.15, -0.1) is 5.92 Å². The molecule has 0 unspecified atom stereocenters. The van der Waals surface area contributed by atoms with E-state index in [9.17, 15) is 19.5 Å². The molecule has 0 saturated carbocycles. The second kappa shape index (κ2) is 63.5. The van der Waals surface area contributed by atoms with E-state index in [1.54, 1.807) is 0 Å². The molecule has 0 bridgehead atoms. The van der Waals surface area contributed by atoms with E-state index in [4.69, 9.17) is 24.1 Å². The quantitative estimate of drug-likeness (QED) is 0.0378. The van der Waals surface area contributed by atoms with Crippen LogP contribution in [0.1, 0.15) is 142 Å². The molecule has 1 radical (unpaired) electrons. The Morgan fingerprint density at radius 1 is 0.525 bits per heavy atom. The monoisotopic (exact) mass is 964 g/mol. The first kappa shape index (κ1) is 74.6. The predicted octanol–water partition coefficient (Wildman–Crippen LogP) is 1.90. The van der Waals surface area contributed by atoms with Crippen LogP contribution in [0.15, 0.2) is 0 Å². The molecule has 2 atom stereocenters. The Balaban J connectivity index is -0.000000972. The van der Waals surface area contributed by atoms with Gasteiger partial charge in [0.1, 0.15) is 6.61 Å². The number of aliphatic hydroxyl groups is 2. The molecule has 0 saturated heterocycles. The van der Waals surface area contributed by atoms with Crippen molar-refractivity contribution in [3.8, 4) is 0 Å². The molecular weight excluding hydrogens is 869 g/mol. The van der Waals surface area contributed by atoms with E-state index in [0.29, 0.717) is 72.4 Å². The van der Waals surface area contributed by atoms with Crippen molar-refractivity contribution in [2.45, 2.75) is 148 Å². The minimum absolute atomic E-state index is 0. The molecule has 369 valence electrons. The van der Waals surface area contributed by atoms with Gasteiger partial charge in [0.05, 0.1) is 58.9 Å². The maximum atomic E-state index is 12.3. The van der Waals surface area contributed by atoms with Gasteiger partial charge in [0, 0.05) is 71.9 Å². The summed E-state index contributed by atoms with van der Waals surface area (Å²) in [5.74, 6) is -0.148. The second-order valence-electron chi connectivity index (χ2n) is 14.6. The third-order valence-electron chi connectivity index (χ3n) is 9.39. The van der Waals surface area contributed by atoms with Crippen LogP contribution in [0.25, 0.3) is 0 Å². The number of ether oxygens (including phenoxy) is 4. The summed E-state index contributed by atoms with van der Waals surface area (Å²) in [7, 11) is 0. The predicted molar refractivity (Wildman–Crippen MR) is 241 cm³/mol. The number of hydrogen-bond donors (Lipinski definition) is 6. The largest absolute Gasteiger partial charge is 0.542 e. The van der Waals surface area contributed by atoms with Crippen LogP contribution in [0.4, 0.5) is 0 Å². The number of rotatable bonds is 46. The first-order valence-corrected chi connectivity index (χ1v) is 21.9. The van der Waals surface area contributed by atoms with Crippen molar-refractivity contribution >= 4 is 18.1 Å². The fourth-order valence-electron chi connectivity index (χ4n) is 5.98. The molecule has 0 aliphatic carbocycles. The van der Waals surface area contributed by atoms with Crippen LogP contribution in [-0.4, -0.2) is 155 Å². The van der Waals surface area contributed by atoms with Crippen molar-refractivity contribution in [2.75, 3.05) is 98.8 Å². The summed E-state index contributed by atoms with van der Waals surface area (Å²) in [5.41, 5.74) is 0. The van der Waals surface area contributed by atoms with Crippen LogP contribution in [0.2, 0.25) is 0 Å². The zero-order valence-corrected chi connectivity index (χ0v) is 41.3. The van der Waals surface area contributed by atoms with Gasteiger partial charge in [0.15, 0.2) is 0 Å². The fraction of sp³-hybridized carbons (Fsp3) is 0.907. The number of carbonyl (C=O) groups excluding carboxylic acids is 3. The molecule has 0 fully saturated rings. The zero-order chi connectivity index (χ0) is 40.1. The molecule has 0 aliphatic rings. The van der Waals surface area contributed by atoms with Gasteiger partial charge in [-0.05, 0) is 38.6 Å². The van der Waals surface area contributed by atoms with Crippen molar-refractivity contribution in [3.63, 3.8) is 0 Å². The Bertz CT molecular complexity index is 845. The number of hydrogen-bond acceptors (Lipinski definition) is 11. The molecule has 0 spiro atoms. The summed E-state index contributed by atoms with van der Waals surface area (Å²) >= 11 is 0. The molecule has 17 nitrogen and oxygen atoms in total. The average molecular weight is 964 g/mol. The Labute approximate surface area is 395 Å². The molecule has 61 heavy (non-hydrogen) atoms. The van der Waals surface area contributed by atoms with E-state index >= 15 is 0 Å². The van der Waals surface area contributed by atoms with E-state index in [-0.39, 0.29) is 99.0 Å². The van der Waals surface area contributed by atoms with Gasteiger partial charge in [-0.2, -0.15) is 0 Å². The minimum atomic E-state index is -0.187. The maximum Gasteiger partial charge on any atom is 0.245 e.